The van der Waals surface area contributed by atoms with E-state index >= 15 is 0 Å². The number of alkyl halides is 3. The second-order valence-electron chi connectivity index (χ2n) is 6.27. The molecule has 0 aliphatic rings. The number of nitrogens with one attached hydrogen (secondary N) is 1. The number of rotatable bonds is 3. The molecule has 0 radical (unpaired) electrons. The highest BCUT2D eigenvalue weighted by molar-refractivity contribution is 5.84. The molecule has 0 fully saturated rings. The molecule has 0 aliphatic carbocycles. The van der Waals surface area contributed by atoms with Crippen LogP contribution in [0.1, 0.15) is 11.3 Å². The van der Waals surface area contributed by atoms with Gasteiger partial charge in [0.2, 0.25) is 0 Å². The minimum absolute atomic E-state index is 0.0103. The number of aromatic nitrogens is 4. The van der Waals surface area contributed by atoms with Crippen LogP contribution in [-0.4, -0.2) is 19.7 Å². The molecule has 1 N–H and O–H groups in total. The predicted molar refractivity (Wildman–Crippen MR) is 94.0 cm³/mol. The lowest BCUT2D eigenvalue weighted by Gasteiger charge is -2.10. The van der Waals surface area contributed by atoms with E-state index in [0.29, 0.717) is 0 Å². The maximum atomic E-state index is 13.9. The molecule has 2 aromatic carbocycles. The molecule has 0 unspecified atom stereocenters. The van der Waals surface area contributed by atoms with E-state index in [1.54, 1.807) is 0 Å². The number of fused-ring (bicyclic) bond motifs is 1. The number of hydrogen-bond donors (Lipinski definition) is 1. The standard InChI is InChI=1S/C19H11F5N4O/c20-14-2-1-3-15(21)13(14)8-28-9-25-16-5-4-10(6-11(16)18(28)29)12-7-26-27-17(12)19(22,23)24/h1-7,9H,8H2,(H,26,27). The van der Waals surface area contributed by atoms with Crippen LogP contribution < -0.4 is 5.56 Å². The van der Waals surface area contributed by atoms with Gasteiger partial charge < -0.3 is 0 Å². The molecule has 2 aromatic heterocycles. The van der Waals surface area contributed by atoms with Gasteiger partial charge in [-0.1, -0.05) is 12.1 Å². The molecule has 0 saturated carbocycles. The van der Waals surface area contributed by atoms with Gasteiger partial charge in [-0.15, -0.1) is 0 Å². The first-order valence-electron chi connectivity index (χ1n) is 8.28. The summed E-state index contributed by atoms with van der Waals surface area (Å²) < 4.78 is 68.2. The highest BCUT2D eigenvalue weighted by Gasteiger charge is 2.36. The van der Waals surface area contributed by atoms with Crippen LogP contribution in [0.15, 0.2) is 53.7 Å². The van der Waals surface area contributed by atoms with E-state index in [-0.39, 0.29) is 27.6 Å². The Morgan fingerprint density at radius 2 is 1.79 bits per heavy atom. The van der Waals surface area contributed by atoms with Crippen molar-refractivity contribution in [3.8, 4) is 11.1 Å². The first-order valence-corrected chi connectivity index (χ1v) is 8.28. The van der Waals surface area contributed by atoms with Crippen LogP contribution in [0.3, 0.4) is 0 Å². The van der Waals surface area contributed by atoms with Gasteiger partial charge in [-0.2, -0.15) is 18.3 Å². The van der Waals surface area contributed by atoms with Gasteiger partial charge in [0, 0.05) is 11.1 Å². The maximum absolute atomic E-state index is 13.9. The Balaban J connectivity index is 1.83. The van der Waals surface area contributed by atoms with Crippen molar-refractivity contribution in [1.29, 1.82) is 0 Å². The zero-order chi connectivity index (χ0) is 20.8. The van der Waals surface area contributed by atoms with E-state index in [4.69, 9.17) is 0 Å². The fourth-order valence-corrected chi connectivity index (χ4v) is 3.01. The Bertz CT molecular complexity index is 1260. The van der Waals surface area contributed by atoms with Crippen LogP contribution in [0, 0.1) is 11.6 Å². The number of hydrogen-bond acceptors (Lipinski definition) is 3. The summed E-state index contributed by atoms with van der Waals surface area (Å²) in [5, 5.41) is 5.35. The maximum Gasteiger partial charge on any atom is 0.433 e. The van der Waals surface area contributed by atoms with Crippen molar-refractivity contribution >= 4 is 10.9 Å². The van der Waals surface area contributed by atoms with Gasteiger partial charge in [-0.25, -0.2) is 13.8 Å². The van der Waals surface area contributed by atoms with Crippen molar-refractivity contribution in [3.63, 3.8) is 0 Å². The van der Waals surface area contributed by atoms with Gasteiger partial charge in [-0.3, -0.25) is 14.5 Å². The zero-order valence-electron chi connectivity index (χ0n) is 14.5. The largest absolute Gasteiger partial charge is 0.433 e. The summed E-state index contributed by atoms with van der Waals surface area (Å²) in [6.45, 7) is -0.413. The lowest BCUT2D eigenvalue weighted by Crippen LogP contribution is -2.22. The van der Waals surface area contributed by atoms with Crippen molar-refractivity contribution in [3.05, 3.63) is 82.2 Å². The van der Waals surface area contributed by atoms with E-state index in [1.165, 1.54) is 24.3 Å². The SMILES string of the molecule is O=c1c2cc(-c3cn[nH]c3C(F)(F)F)ccc2ncn1Cc1c(F)cccc1F. The third-order valence-electron chi connectivity index (χ3n) is 4.45. The number of H-pyrrole nitrogens is 1. The summed E-state index contributed by atoms with van der Waals surface area (Å²) >= 11 is 0. The molecule has 29 heavy (non-hydrogen) atoms. The smallest absolute Gasteiger partial charge is 0.294 e. The predicted octanol–water partition coefficient (Wildman–Crippen LogP) is 4.13. The van der Waals surface area contributed by atoms with Gasteiger partial charge in [0.05, 0.1) is 30.0 Å². The normalized spacial score (nSPS) is 11.9. The van der Waals surface area contributed by atoms with E-state index in [0.717, 1.165) is 29.2 Å². The van der Waals surface area contributed by atoms with Crippen molar-refractivity contribution in [2.75, 3.05) is 0 Å². The van der Waals surface area contributed by atoms with Crippen LogP contribution in [0.4, 0.5) is 22.0 Å². The van der Waals surface area contributed by atoms with Crippen LogP contribution in [0.2, 0.25) is 0 Å². The lowest BCUT2D eigenvalue weighted by molar-refractivity contribution is -0.140. The van der Waals surface area contributed by atoms with Crippen molar-refractivity contribution < 1.29 is 22.0 Å². The Morgan fingerprint density at radius 1 is 1.07 bits per heavy atom. The van der Waals surface area contributed by atoms with Crippen LogP contribution in [-0.2, 0) is 12.7 Å². The van der Waals surface area contributed by atoms with Gasteiger partial charge in [0.25, 0.3) is 5.56 Å². The molecule has 0 saturated heterocycles. The molecule has 10 heteroatoms. The zero-order valence-corrected chi connectivity index (χ0v) is 14.5. The number of benzene rings is 2. The van der Waals surface area contributed by atoms with Crippen LogP contribution >= 0.6 is 0 Å². The molecule has 2 heterocycles. The molecular formula is C19H11F5N4O. The Labute approximate surface area is 159 Å². The molecule has 0 atom stereocenters. The van der Waals surface area contributed by atoms with Gasteiger partial charge in [0.1, 0.15) is 17.3 Å². The average Bonchev–Trinajstić information content (AvgIpc) is 3.17. The molecule has 0 spiro atoms. The van der Waals surface area contributed by atoms with E-state index in [1.807, 2.05) is 5.10 Å². The summed E-state index contributed by atoms with van der Waals surface area (Å²) in [6.07, 6.45) is -2.51. The van der Waals surface area contributed by atoms with Gasteiger partial charge in [-0.05, 0) is 29.8 Å². The molecule has 4 aromatic rings. The Kier molecular flexibility index (Phi) is 4.40. The third kappa shape index (κ3) is 3.37. The van der Waals surface area contributed by atoms with Gasteiger partial charge in [0.15, 0.2) is 0 Å². The van der Waals surface area contributed by atoms with Crippen molar-refractivity contribution in [1.82, 2.24) is 19.7 Å². The highest BCUT2D eigenvalue weighted by Crippen LogP contribution is 2.35. The first-order chi connectivity index (χ1) is 13.8. The minimum atomic E-state index is -4.65. The number of aromatic amines is 1. The second-order valence-corrected chi connectivity index (χ2v) is 6.27. The van der Waals surface area contributed by atoms with Crippen molar-refractivity contribution in [2.45, 2.75) is 12.7 Å². The number of nitrogens with zero attached hydrogens (tertiary/aromatic N) is 3. The van der Waals surface area contributed by atoms with E-state index < -0.39 is 35.6 Å². The fraction of sp³-hybridized carbons (Fsp3) is 0.105. The molecular weight excluding hydrogens is 395 g/mol. The van der Waals surface area contributed by atoms with Gasteiger partial charge >= 0.3 is 6.18 Å². The summed E-state index contributed by atoms with van der Waals surface area (Å²) in [5.41, 5.74) is -1.89. The van der Waals surface area contributed by atoms with E-state index in [9.17, 15) is 26.7 Å². The lowest BCUT2D eigenvalue weighted by atomic mass is 10.0. The monoisotopic (exact) mass is 406 g/mol. The summed E-state index contributed by atoms with van der Waals surface area (Å²) in [7, 11) is 0. The van der Waals surface area contributed by atoms with Crippen LogP contribution in [0.5, 0.6) is 0 Å². The average molecular weight is 406 g/mol. The fourth-order valence-electron chi connectivity index (χ4n) is 3.01. The molecule has 4 rings (SSSR count). The second kappa shape index (κ2) is 6.80. The molecule has 0 bridgehead atoms. The Morgan fingerprint density at radius 3 is 2.48 bits per heavy atom. The summed E-state index contributed by atoms with van der Waals surface area (Å²) in [6, 6.07) is 7.36. The summed E-state index contributed by atoms with van der Waals surface area (Å²) in [4.78, 5) is 16.9. The van der Waals surface area contributed by atoms with Crippen molar-refractivity contribution in [2.24, 2.45) is 0 Å². The molecule has 0 amide bonds. The quantitative estimate of drug-likeness (QED) is 0.521. The van der Waals surface area contributed by atoms with E-state index in [2.05, 4.69) is 10.1 Å². The minimum Gasteiger partial charge on any atom is -0.294 e. The first kappa shape index (κ1) is 18.8. The topological polar surface area (TPSA) is 63.6 Å². The molecule has 148 valence electrons. The Hall–Kier alpha value is -3.56. The third-order valence-corrected chi connectivity index (χ3v) is 4.45. The number of halogens is 5. The molecule has 5 nitrogen and oxygen atoms in total. The van der Waals surface area contributed by atoms with Crippen LogP contribution in [0.25, 0.3) is 22.0 Å². The molecule has 0 aliphatic heterocycles. The highest BCUT2D eigenvalue weighted by atomic mass is 19.4. The summed E-state index contributed by atoms with van der Waals surface area (Å²) in [5.74, 6) is -1.64.